The molecule has 3 aromatic rings. The average Bonchev–Trinajstić information content (AvgIpc) is 3.20. The summed E-state index contributed by atoms with van der Waals surface area (Å²) in [5.74, 6) is -0.369. The summed E-state index contributed by atoms with van der Waals surface area (Å²) in [5, 5.41) is 13.0. The molecule has 2 aromatic heterocycles. The summed E-state index contributed by atoms with van der Waals surface area (Å²) in [6.07, 6.45) is 1.63. The molecule has 1 aliphatic rings. The number of hydrogen-bond donors (Lipinski definition) is 0. The summed E-state index contributed by atoms with van der Waals surface area (Å²) in [4.78, 5) is 17.5. The maximum Gasteiger partial charge on any atom is 0.459 e. The van der Waals surface area contributed by atoms with Crippen molar-refractivity contribution in [3.8, 4) is 23.0 Å². The fraction of sp³-hybridized carbons (Fsp3) is 0.188. The third kappa shape index (κ3) is 2.20. The van der Waals surface area contributed by atoms with Crippen LogP contribution in [0.4, 0.5) is 0 Å². The summed E-state index contributed by atoms with van der Waals surface area (Å²) in [6.45, 7) is 0.263. The molecule has 4 rings (SSSR count). The van der Waals surface area contributed by atoms with E-state index in [1.807, 2.05) is 6.07 Å². The number of thiazole rings is 1. The number of hydrogen-bond acceptors (Lipinski definition) is 5. The molecule has 0 spiro atoms. The van der Waals surface area contributed by atoms with Gasteiger partial charge in [0, 0.05) is 6.20 Å². The zero-order chi connectivity index (χ0) is 16.8. The maximum atomic E-state index is 13.0. The number of ether oxygens (including phenoxy) is 1. The summed E-state index contributed by atoms with van der Waals surface area (Å²) < 4.78 is 8.90. The monoisotopic (exact) mass is 361 g/mol. The lowest BCUT2D eigenvalue weighted by atomic mass is 10.1. The fourth-order valence-corrected chi connectivity index (χ4v) is 3.89. The van der Waals surface area contributed by atoms with Crippen LogP contribution in [0.25, 0.3) is 11.1 Å². The largest absolute Gasteiger partial charge is 0.842 e. The van der Waals surface area contributed by atoms with Crippen molar-refractivity contribution in [3.05, 3.63) is 56.2 Å². The van der Waals surface area contributed by atoms with Gasteiger partial charge in [0.1, 0.15) is 12.2 Å². The molecular weight excluding hydrogens is 350 g/mol. The third-order valence-electron chi connectivity index (χ3n) is 4.01. The van der Waals surface area contributed by atoms with Crippen LogP contribution < -0.4 is 20.0 Å². The molecule has 0 fully saturated rings. The Balaban J connectivity index is 1.97. The van der Waals surface area contributed by atoms with Gasteiger partial charge in [0.25, 0.3) is 0 Å². The molecule has 1 aliphatic heterocycles. The van der Waals surface area contributed by atoms with E-state index >= 15 is 0 Å². The molecule has 122 valence electrons. The van der Waals surface area contributed by atoms with Gasteiger partial charge in [0.15, 0.2) is 10.5 Å². The molecule has 8 heteroatoms. The van der Waals surface area contributed by atoms with Gasteiger partial charge < -0.3 is 9.84 Å². The van der Waals surface area contributed by atoms with Crippen LogP contribution in [0.15, 0.2) is 41.3 Å². The van der Waals surface area contributed by atoms with Crippen molar-refractivity contribution in [2.75, 3.05) is 6.61 Å². The molecule has 0 bridgehead atoms. The Hall–Kier alpha value is -2.38. The minimum absolute atomic E-state index is 0.132. The van der Waals surface area contributed by atoms with Crippen molar-refractivity contribution >= 4 is 22.9 Å². The number of nitrogens with zero attached hydrogens (tertiary/aromatic N) is 3. The Morgan fingerprint density at radius 3 is 2.83 bits per heavy atom. The van der Waals surface area contributed by atoms with Gasteiger partial charge in [0.05, 0.1) is 17.8 Å². The van der Waals surface area contributed by atoms with Crippen LogP contribution in [-0.2, 0) is 7.05 Å². The van der Waals surface area contributed by atoms with E-state index in [1.54, 1.807) is 37.5 Å². The first kappa shape index (κ1) is 15.2. The Bertz CT molecular complexity index is 984. The highest BCUT2D eigenvalue weighted by atomic mass is 35.5. The zero-order valence-electron chi connectivity index (χ0n) is 12.6. The Morgan fingerprint density at radius 1 is 1.42 bits per heavy atom. The normalized spacial score (nSPS) is 16.0. The average molecular weight is 362 g/mol. The van der Waals surface area contributed by atoms with Gasteiger partial charge in [0.2, 0.25) is 0 Å². The second-order valence-electron chi connectivity index (χ2n) is 5.41. The molecule has 0 saturated heterocycles. The summed E-state index contributed by atoms with van der Waals surface area (Å²) >= 11 is 7.21. The Labute approximate surface area is 146 Å². The van der Waals surface area contributed by atoms with Gasteiger partial charge in [-0.25, -0.2) is 9.78 Å². The molecule has 1 aromatic carbocycles. The van der Waals surface area contributed by atoms with E-state index in [4.69, 9.17) is 16.3 Å². The highest BCUT2D eigenvalue weighted by molar-refractivity contribution is 7.15. The van der Waals surface area contributed by atoms with E-state index in [0.717, 1.165) is 4.88 Å². The Kier molecular flexibility index (Phi) is 3.54. The van der Waals surface area contributed by atoms with Crippen LogP contribution >= 0.6 is 22.9 Å². The maximum absolute atomic E-state index is 13.0. The number of fused-ring (bicyclic) bond motifs is 1. The molecular formula is C16H12ClN3O3S. The molecule has 24 heavy (non-hydrogen) atoms. The molecule has 3 heterocycles. The molecule has 0 amide bonds. The minimum Gasteiger partial charge on any atom is -0.842 e. The van der Waals surface area contributed by atoms with E-state index in [2.05, 4.69) is 4.98 Å². The van der Waals surface area contributed by atoms with E-state index < -0.39 is 0 Å². The minimum atomic E-state index is -0.375. The van der Waals surface area contributed by atoms with Gasteiger partial charge >= 0.3 is 11.6 Å². The van der Waals surface area contributed by atoms with Gasteiger partial charge in [-0.3, -0.25) is 0 Å². The smallest absolute Gasteiger partial charge is 0.459 e. The van der Waals surface area contributed by atoms with E-state index in [1.165, 1.54) is 20.5 Å². The number of aromatic nitrogens is 3. The van der Waals surface area contributed by atoms with Crippen LogP contribution in [0.5, 0.6) is 11.9 Å². The van der Waals surface area contributed by atoms with Crippen molar-refractivity contribution in [3.63, 3.8) is 0 Å². The predicted molar refractivity (Wildman–Crippen MR) is 87.5 cm³/mol. The van der Waals surface area contributed by atoms with Gasteiger partial charge in [-0.2, -0.15) is 9.13 Å². The van der Waals surface area contributed by atoms with Crippen LogP contribution in [0.1, 0.15) is 10.9 Å². The third-order valence-corrected chi connectivity index (χ3v) is 5.23. The van der Waals surface area contributed by atoms with Crippen molar-refractivity contribution in [1.29, 1.82) is 0 Å². The van der Waals surface area contributed by atoms with Crippen molar-refractivity contribution in [2.45, 2.75) is 6.04 Å². The molecule has 0 radical (unpaired) electrons. The molecule has 0 saturated carbocycles. The number of rotatable bonds is 2. The van der Waals surface area contributed by atoms with Crippen LogP contribution in [0.2, 0.25) is 4.47 Å². The highest BCUT2D eigenvalue weighted by Crippen LogP contribution is 2.32. The van der Waals surface area contributed by atoms with Crippen LogP contribution in [0.3, 0.4) is 0 Å². The summed E-state index contributed by atoms with van der Waals surface area (Å²) in [6, 6.07) is 8.83. The van der Waals surface area contributed by atoms with Crippen LogP contribution in [0, 0.1) is 0 Å². The lowest BCUT2D eigenvalue weighted by Crippen LogP contribution is -2.45. The molecule has 6 nitrogen and oxygen atoms in total. The standard InChI is InChI=1S/C16H12ClN3O3S/c1-19-13(21)12(9-5-3-2-4-6-9)14(22)20-10(8-23-16(19)20)11-7-18-15(17)24-11/h2-7,10H,8H2,1H3. The van der Waals surface area contributed by atoms with E-state index in [0.29, 0.717) is 10.0 Å². The van der Waals surface area contributed by atoms with E-state index in [9.17, 15) is 9.90 Å². The molecule has 1 unspecified atom stereocenters. The summed E-state index contributed by atoms with van der Waals surface area (Å²) in [5.41, 5.74) is 0.347. The Morgan fingerprint density at radius 2 is 2.17 bits per heavy atom. The van der Waals surface area contributed by atoms with Gasteiger partial charge in [-0.05, 0) is 5.56 Å². The fourth-order valence-electron chi connectivity index (χ4n) is 2.86. The highest BCUT2D eigenvalue weighted by Gasteiger charge is 2.38. The number of benzene rings is 1. The van der Waals surface area contributed by atoms with Crippen molar-refractivity contribution in [2.24, 2.45) is 7.05 Å². The second-order valence-corrected chi connectivity index (χ2v) is 7.05. The molecule has 0 aliphatic carbocycles. The lowest BCUT2D eigenvalue weighted by Gasteiger charge is -2.16. The van der Waals surface area contributed by atoms with Gasteiger partial charge in [-0.15, -0.1) is 11.3 Å². The topological polar surface area (TPSA) is 71.1 Å². The lowest BCUT2D eigenvalue weighted by molar-refractivity contribution is -0.736. The quantitative estimate of drug-likeness (QED) is 0.649. The van der Waals surface area contributed by atoms with Crippen molar-refractivity contribution < 1.29 is 14.4 Å². The first-order chi connectivity index (χ1) is 11.6. The van der Waals surface area contributed by atoms with Crippen LogP contribution in [-0.4, -0.2) is 16.2 Å². The second kappa shape index (κ2) is 5.61. The van der Waals surface area contributed by atoms with E-state index in [-0.39, 0.29) is 35.7 Å². The SMILES string of the molecule is Cn1c2[n+](c([O-])c(-c3ccccc3)c1=O)C(c1cnc(Cl)s1)CO2. The number of halogens is 1. The molecule has 1 atom stereocenters. The predicted octanol–water partition coefficient (Wildman–Crippen LogP) is 1.51. The summed E-state index contributed by atoms with van der Waals surface area (Å²) in [7, 11) is 1.60. The van der Waals surface area contributed by atoms with Gasteiger partial charge in [-0.1, -0.05) is 41.9 Å². The molecule has 0 N–H and O–H groups in total. The van der Waals surface area contributed by atoms with Crippen molar-refractivity contribution in [1.82, 2.24) is 9.55 Å². The first-order valence-electron chi connectivity index (χ1n) is 7.23. The first-order valence-corrected chi connectivity index (χ1v) is 8.42. The zero-order valence-corrected chi connectivity index (χ0v) is 14.2.